The maximum Gasteiger partial charge on any atom is 0.328 e. The van der Waals surface area contributed by atoms with Gasteiger partial charge in [-0.25, -0.2) is 4.79 Å². The molecule has 0 fully saturated rings. The quantitative estimate of drug-likeness (QED) is 0.296. The van der Waals surface area contributed by atoms with E-state index in [1.807, 2.05) is 30.3 Å². The lowest BCUT2D eigenvalue weighted by atomic mass is 10.0. The van der Waals surface area contributed by atoms with E-state index < -0.39 is 12.0 Å². The molecule has 1 atom stereocenters. The van der Waals surface area contributed by atoms with Crippen molar-refractivity contribution in [3.05, 3.63) is 35.9 Å². The predicted molar refractivity (Wildman–Crippen MR) is 115 cm³/mol. The fourth-order valence-corrected chi connectivity index (χ4v) is 3.40. The molecule has 0 aliphatic rings. The van der Waals surface area contributed by atoms with E-state index >= 15 is 0 Å². The summed E-state index contributed by atoms with van der Waals surface area (Å²) in [7, 11) is 1.36. The summed E-state index contributed by atoms with van der Waals surface area (Å²) >= 11 is 0. The molecule has 0 unspecified atom stereocenters. The Kier molecular flexibility index (Phi) is 14.0. The minimum absolute atomic E-state index is 0.0674. The summed E-state index contributed by atoms with van der Waals surface area (Å²) in [5.41, 5.74) is 1.01. The highest BCUT2D eigenvalue weighted by atomic mass is 16.5. The molecule has 1 aromatic rings. The van der Waals surface area contributed by atoms with Gasteiger partial charge in [0.25, 0.3) is 0 Å². The van der Waals surface area contributed by atoms with Crippen molar-refractivity contribution in [2.45, 2.75) is 96.4 Å². The first-order valence-corrected chi connectivity index (χ1v) is 11.1. The molecule has 158 valence electrons. The third-order valence-electron chi connectivity index (χ3n) is 5.11. The van der Waals surface area contributed by atoms with Crippen molar-refractivity contribution in [3.8, 4) is 0 Å². The Hall–Kier alpha value is -1.84. The summed E-state index contributed by atoms with van der Waals surface area (Å²) in [5, 5.41) is 2.84. The van der Waals surface area contributed by atoms with Gasteiger partial charge < -0.3 is 10.1 Å². The highest BCUT2D eigenvalue weighted by Gasteiger charge is 2.21. The first kappa shape index (κ1) is 24.2. The summed E-state index contributed by atoms with van der Waals surface area (Å²) in [4.78, 5) is 24.2. The van der Waals surface area contributed by atoms with E-state index in [1.54, 1.807) is 0 Å². The van der Waals surface area contributed by atoms with Gasteiger partial charge in [0, 0.05) is 12.8 Å². The number of ether oxygens (including phenoxy) is 1. The Morgan fingerprint density at radius 1 is 0.857 bits per heavy atom. The molecule has 28 heavy (non-hydrogen) atoms. The van der Waals surface area contributed by atoms with Gasteiger partial charge in [-0.15, -0.1) is 0 Å². The van der Waals surface area contributed by atoms with E-state index in [0.29, 0.717) is 12.8 Å². The summed E-state index contributed by atoms with van der Waals surface area (Å²) < 4.78 is 4.84. The second kappa shape index (κ2) is 16.1. The maximum atomic E-state index is 12.2. The fraction of sp³-hybridized carbons (Fsp3) is 0.667. The van der Waals surface area contributed by atoms with Crippen LogP contribution in [0.3, 0.4) is 0 Å². The zero-order valence-corrected chi connectivity index (χ0v) is 17.9. The zero-order valence-electron chi connectivity index (χ0n) is 17.9. The first-order valence-electron chi connectivity index (χ1n) is 11.1. The smallest absolute Gasteiger partial charge is 0.328 e. The molecule has 4 heteroatoms. The number of hydrogen-bond acceptors (Lipinski definition) is 3. The lowest BCUT2D eigenvalue weighted by Crippen LogP contribution is -2.43. The second-order valence-electron chi connectivity index (χ2n) is 7.62. The van der Waals surface area contributed by atoms with E-state index in [2.05, 4.69) is 12.2 Å². The Bertz CT molecular complexity index is 530. The summed E-state index contributed by atoms with van der Waals surface area (Å²) in [6, 6.07) is 9.07. The van der Waals surface area contributed by atoms with Crippen LogP contribution >= 0.6 is 0 Å². The lowest BCUT2D eigenvalue weighted by Gasteiger charge is -2.16. The molecule has 1 aromatic carbocycles. The van der Waals surface area contributed by atoms with Gasteiger partial charge in [-0.3, -0.25) is 4.79 Å². The predicted octanol–water partition coefficient (Wildman–Crippen LogP) is 5.59. The number of amides is 1. The topological polar surface area (TPSA) is 55.4 Å². The number of methoxy groups -OCH3 is 1. The molecule has 0 aliphatic carbocycles. The van der Waals surface area contributed by atoms with Crippen LogP contribution in [0.25, 0.3) is 0 Å². The van der Waals surface area contributed by atoms with Crippen molar-refractivity contribution in [2.24, 2.45) is 0 Å². The molecule has 1 amide bonds. The third kappa shape index (κ3) is 11.8. The van der Waals surface area contributed by atoms with Gasteiger partial charge in [-0.1, -0.05) is 101 Å². The number of benzene rings is 1. The average Bonchev–Trinajstić information content (AvgIpc) is 2.71. The van der Waals surface area contributed by atoms with E-state index in [0.717, 1.165) is 18.4 Å². The van der Waals surface area contributed by atoms with E-state index in [9.17, 15) is 9.59 Å². The lowest BCUT2D eigenvalue weighted by molar-refractivity contribution is -0.145. The van der Waals surface area contributed by atoms with Gasteiger partial charge in [-0.2, -0.15) is 0 Å². The molecular weight excluding hydrogens is 350 g/mol. The molecule has 4 nitrogen and oxygen atoms in total. The van der Waals surface area contributed by atoms with Crippen molar-refractivity contribution < 1.29 is 14.3 Å². The van der Waals surface area contributed by atoms with Crippen molar-refractivity contribution in [3.63, 3.8) is 0 Å². The summed E-state index contributed by atoms with van der Waals surface area (Å²) in [6.07, 6.45) is 14.7. The van der Waals surface area contributed by atoms with Crippen molar-refractivity contribution >= 4 is 11.9 Å². The number of rotatable bonds is 16. The van der Waals surface area contributed by atoms with Crippen LogP contribution < -0.4 is 5.32 Å². The van der Waals surface area contributed by atoms with Crippen LogP contribution in [-0.4, -0.2) is 25.0 Å². The maximum absolute atomic E-state index is 12.2. The monoisotopic (exact) mass is 389 g/mol. The van der Waals surface area contributed by atoms with Gasteiger partial charge in [0.05, 0.1) is 7.11 Å². The van der Waals surface area contributed by atoms with Crippen LogP contribution in [0.1, 0.15) is 89.5 Å². The average molecular weight is 390 g/mol. The van der Waals surface area contributed by atoms with Gasteiger partial charge >= 0.3 is 5.97 Å². The molecule has 1 rings (SSSR count). The number of unbranched alkanes of at least 4 members (excludes halogenated alkanes) is 10. The van der Waals surface area contributed by atoms with E-state index in [1.165, 1.54) is 64.9 Å². The Labute approximate surface area is 171 Å². The fourth-order valence-electron chi connectivity index (χ4n) is 3.40. The first-order chi connectivity index (χ1) is 13.7. The van der Waals surface area contributed by atoms with Crippen molar-refractivity contribution in [1.82, 2.24) is 5.32 Å². The van der Waals surface area contributed by atoms with Crippen LogP contribution in [0, 0.1) is 0 Å². The van der Waals surface area contributed by atoms with Crippen LogP contribution in [-0.2, 0) is 20.7 Å². The largest absolute Gasteiger partial charge is 0.467 e. The number of hydrogen-bond donors (Lipinski definition) is 1. The highest BCUT2D eigenvalue weighted by Crippen LogP contribution is 2.12. The van der Waals surface area contributed by atoms with Gasteiger partial charge in [-0.05, 0) is 12.0 Å². The highest BCUT2D eigenvalue weighted by molar-refractivity contribution is 5.84. The SMILES string of the molecule is CCCCCCCCCCCCCC(=O)N[C@@H](Cc1ccccc1)C(=O)OC. The minimum Gasteiger partial charge on any atom is -0.467 e. The van der Waals surface area contributed by atoms with Crippen molar-refractivity contribution in [2.75, 3.05) is 7.11 Å². The van der Waals surface area contributed by atoms with Crippen LogP contribution in [0.5, 0.6) is 0 Å². The molecule has 0 saturated carbocycles. The second-order valence-corrected chi connectivity index (χ2v) is 7.62. The van der Waals surface area contributed by atoms with Crippen LogP contribution in [0.4, 0.5) is 0 Å². The molecule has 0 spiro atoms. The van der Waals surface area contributed by atoms with E-state index in [-0.39, 0.29) is 5.91 Å². The van der Waals surface area contributed by atoms with Gasteiger partial charge in [0.1, 0.15) is 6.04 Å². The Balaban J connectivity index is 2.13. The molecule has 0 bridgehead atoms. The molecule has 0 radical (unpaired) electrons. The molecule has 0 aromatic heterocycles. The third-order valence-corrected chi connectivity index (χ3v) is 5.11. The van der Waals surface area contributed by atoms with Gasteiger partial charge in [0.2, 0.25) is 5.91 Å². The number of carbonyl (C=O) groups excluding carboxylic acids is 2. The Morgan fingerprint density at radius 3 is 1.93 bits per heavy atom. The number of nitrogens with one attached hydrogen (secondary N) is 1. The van der Waals surface area contributed by atoms with Gasteiger partial charge in [0.15, 0.2) is 0 Å². The minimum atomic E-state index is -0.618. The number of esters is 1. The Morgan fingerprint density at radius 2 is 1.39 bits per heavy atom. The normalized spacial score (nSPS) is 11.8. The summed E-state index contributed by atoms with van der Waals surface area (Å²) in [6.45, 7) is 2.25. The standard InChI is InChI=1S/C24H39NO3/c1-3-4-5-6-7-8-9-10-11-12-16-19-23(26)25-22(24(27)28-2)20-21-17-14-13-15-18-21/h13-15,17-18,22H,3-12,16,19-20H2,1-2H3,(H,25,26)/t22-/m0/s1. The zero-order chi connectivity index (χ0) is 20.5. The van der Waals surface area contributed by atoms with E-state index in [4.69, 9.17) is 4.74 Å². The molecule has 0 aliphatic heterocycles. The van der Waals surface area contributed by atoms with Crippen LogP contribution in [0.2, 0.25) is 0 Å². The molecule has 1 N–H and O–H groups in total. The van der Waals surface area contributed by atoms with Crippen molar-refractivity contribution in [1.29, 1.82) is 0 Å². The molecule has 0 heterocycles. The van der Waals surface area contributed by atoms with Crippen LogP contribution in [0.15, 0.2) is 30.3 Å². The molecular formula is C24H39NO3. The number of carbonyl (C=O) groups is 2. The molecule has 0 saturated heterocycles. The summed E-state index contributed by atoms with van der Waals surface area (Å²) in [5.74, 6) is -0.460.